The van der Waals surface area contributed by atoms with Gasteiger partial charge in [-0.25, -0.2) is 4.39 Å². The molecule has 0 aromatic heterocycles. The van der Waals surface area contributed by atoms with Gasteiger partial charge in [0.25, 0.3) is 0 Å². The molecular formula is C18H23FO. The zero-order valence-electron chi connectivity index (χ0n) is 12.1. The molecule has 3 aliphatic carbocycles. The van der Waals surface area contributed by atoms with E-state index in [1.807, 2.05) is 6.07 Å². The molecule has 0 bridgehead atoms. The first-order chi connectivity index (χ1) is 9.61. The lowest BCUT2D eigenvalue weighted by Gasteiger charge is -2.50. The summed E-state index contributed by atoms with van der Waals surface area (Å²) in [5.41, 5.74) is 2.35. The summed E-state index contributed by atoms with van der Waals surface area (Å²) in [6.45, 7) is 2.28. The minimum atomic E-state index is -0.123. The van der Waals surface area contributed by atoms with Crippen molar-refractivity contribution in [1.29, 1.82) is 0 Å². The molecule has 4 rings (SSSR count). The lowest BCUT2D eigenvalue weighted by atomic mass is 9.55. The van der Waals surface area contributed by atoms with Gasteiger partial charge in [0.05, 0.1) is 6.10 Å². The third kappa shape index (κ3) is 1.57. The van der Waals surface area contributed by atoms with Crippen molar-refractivity contribution in [3.63, 3.8) is 0 Å². The maximum Gasteiger partial charge on any atom is 0.126 e. The van der Waals surface area contributed by atoms with E-state index < -0.39 is 0 Å². The predicted octanol–water partition coefficient (Wildman–Crippen LogP) is 4.04. The number of aliphatic hydroxyl groups is 1. The average Bonchev–Trinajstić information content (AvgIpc) is 2.75. The van der Waals surface area contributed by atoms with E-state index in [-0.39, 0.29) is 17.3 Å². The molecule has 1 nitrogen and oxygen atoms in total. The van der Waals surface area contributed by atoms with Crippen LogP contribution in [-0.2, 0) is 6.42 Å². The molecule has 2 saturated carbocycles. The number of hydrogen-bond donors (Lipinski definition) is 1. The van der Waals surface area contributed by atoms with E-state index in [9.17, 15) is 9.50 Å². The van der Waals surface area contributed by atoms with Crippen LogP contribution >= 0.6 is 0 Å². The Balaban J connectivity index is 1.73. The number of fused-ring (bicyclic) bond motifs is 5. The van der Waals surface area contributed by atoms with E-state index in [1.165, 1.54) is 5.56 Å². The summed E-state index contributed by atoms with van der Waals surface area (Å²) in [5.74, 6) is 1.80. The monoisotopic (exact) mass is 274 g/mol. The molecule has 0 radical (unpaired) electrons. The normalized spacial score (nSPS) is 42.8. The Morgan fingerprint density at radius 2 is 2.05 bits per heavy atom. The highest BCUT2D eigenvalue weighted by atomic mass is 19.1. The maximum atomic E-state index is 14.0. The summed E-state index contributed by atoms with van der Waals surface area (Å²) < 4.78 is 14.0. The van der Waals surface area contributed by atoms with Crippen LogP contribution in [0.4, 0.5) is 4.39 Å². The van der Waals surface area contributed by atoms with Crippen LogP contribution in [0.1, 0.15) is 56.1 Å². The Morgan fingerprint density at radius 3 is 2.90 bits per heavy atom. The van der Waals surface area contributed by atoms with Crippen molar-refractivity contribution in [2.75, 3.05) is 0 Å². The van der Waals surface area contributed by atoms with Gasteiger partial charge in [-0.1, -0.05) is 19.1 Å². The van der Waals surface area contributed by atoms with Crippen LogP contribution in [-0.4, -0.2) is 11.2 Å². The molecule has 0 aliphatic heterocycles. The maximum absolute atomic E-state index is 14.0. The highest BCUT2D eigenvalue weighted by Gasteiger charge is 2.54. The second-order valence-corrected chi connectivity index (χ2v) is 7.36. The zero-order chi connectivity index (χ0) is 13.9. The third-order valence-electron chi connectivity index (χ3n) is 6.67. The number of aliphatic hydroxyl groups excluding tert-OH is 1. The first kappa shape index (κ1) is 12.8. The van der Waals surface area contributed by atoms with Gasteiger partial charge in [-0.05, 0) is 78.9 Å². The van der Waals surface area contributed by atoms with E-state index in [2.05, 4.69) is 13.0 Å². The van der Waals surface area contributed by atoms with Gasteiger partial charge in [-0.3, -0.25) is 0 Å². The van der Waals surface area contributed by atoms with E-state index in [0.29, 0.717) is 17.8 Å². The van der Waals surface area contributed by atoms with Crippen LogP contribution in [0.2, 0.25) is 0 Å². The van der Waals surface area contributed by atoms with E-state index in [1.54, 1.807) is 6.07 Å². The predicted molar refractivity (Wildman–Crippen MR) is 77.0 cm³/mol. The molecule has 2 heteroatoms. The smallest absolute Gasteiger partial charge is 0.126 e. The molecule has 1 aromatic rings. The number of rotatable bonds is 0. The van der Waals surface area contributed by atoms with Crippen LogP contribution in [0.3, 0.4) is 0 Å². The lowest BCUT2D eigenvalue weighted by Crippen LogP contribution is -2.44. The molecule has 0 amide bonds. The van der Waals surface area contributed by atoms with Crippen molar-refractivity contribution in [2.24, 2.45) is 17.3 Å². The third-order valence-corrected chi connectivity index (χ3v) is 6.67. The van der Waals surface area contributed by atoms with Crippen LogP contribution in [0.5, 0.6) is 0 Å². The van der Waals surface area contributed by atoms with Crippen molar-refractivity contribution in [2.45, 2.75) is 57.5 Å². The summed E-state index contributed by atoms with van der Waals surface area (Å²) in [5, 5.41) is 10.4. The zero-order valence-corrected chi connectivity index (χ0v) is 12.1. The van der Waals surface area contributed by atoms with Crippen molar-refractivity contribution >= 4 is 0 Å². The van der Waals surface area contributed by atoms with Gasteiger partial charge in [-0.15, -0.1) is 0 Å². The van der Waals surface area contributed by atoms with Crippen molar-refractivity contribution in [1.82, 2.24) is 0 Å². The van der Waals surface area contributed by atoms with Gasteiger partial charge in [0.15, 0.2) is 0 Å². The molecule has 3 aliphatic rings. The topological polar surface area (TPSA) is 20.2 Å². The van der Waals surface area contributed by atoms with Crippen LogP contribution in [0, 0.1) is 23.1 Å². The van der Waals surface area contributed by atoms with E-state index in [0.717, 1.165) is 44.1 Å². The molecule has 5 atom stereocenters. The molecular weight excluding hydrogens is 251 g/mol. The number of hydrogen-bond acceptors (Lipinski definition) is 1. The Labute approximate surface area is 120 Å². The molecule has 1 aromatic carbocycles. The number of halogens is 1. The quantitative estimate of drug-likeness (QED) is 0.757. The SMILES string of the molecule is C[C@]12CC[C@@H]3c4cccc(F)c4CC[C@H]3[C@@H]1CCC2O. The highest BCUT2D eigenvalue weighted by molar-refractivity contribution is 5.36. The van der Waals surface area contributed by atoms with Crippen molar-refractivity contribution in [3.8, 4) is 0 Å². The van der Waals surface area contributed by atoms with E-state index >= 15 is 0 Å². The second kappa shape index (κ2) is 4.30. The minimum absolute atomic E-state index is 0.0132. The fourth-order valence-corrected chi connectivity index (χ4v) is 5.55. The molecule has 1 unspecified atom stereocenters. The Morgan fingerprint density at radius 1 is 1.20 bits per heavy atom. The van der Waals surface area contributed by atoms with Gasteiger partial charge in [0.1, 0.15) is 5.82 Å². The fourth-order valence-electron chi connectivity index (χ4n) is 5.55. The van der Waals surface area contributed by atoms with Crippen molar-refractivity contribution in [3.05, 3.63) is 35.1 Å². The summed E-state index contributed by atoms with van der Waals surface area (Å²) >= 11 is 0. The van der Waals surface area contributed by atoms with Gasteiger partial charge >= 0.3 is 0 Å². The first-order valence-electron chi connectivity index (χ1n) is 8.06. The molecule has 20 heavy (non-hydrogen) atoms. The van der Waals surface area contributed by atoms with E-state index in [4.69, 9.17) is 0 Å². The van der Waals surface area contributed by atoms with Gasteiger partial charge in [0, 0.05) is 0 Å². The minimum Gasteiger partial charge on any atom is -0.393 e. The standard InChI is InChI=1S/C18H23FO/c1-18-10-9-12-11-3-2-4-16(19)14(11)6-5-13(12)15(18)7-8-17(18)20/h2-4,12-13,15,17,20H,5-10H2,1H3/t12-,13-,15+,17?,18+/m1/s1. The fraction of sp³-hybridized carbons (Fsp3) is 0.667. The summed E-state index contributed by atoms with van der Waals surface area (Å²) in [6.07, 6.45) is 6.19. The highest BCUT2D eigenvalue weighted by Crippen LogP contribution is 2.60. The molecule has 1 N–H and O–H groups in total. The van der Waals surface area contributed by atoms with Crippen molar-refractivity contribution < 1.29 is 9.50 Å². The second-order valence-electron chi connectivity index (χ2n) is 7.36. The summed E-state index contributed by atoms with van der Waals surface area (Å²) in [7, 11) is 0. The van der Waals surface area contributed by atoms with Crippen LogP contribution < -0.4 is 0 Å². The first-order valence-corrected chi connectivity index (χ1v) is 8.06. The number of benzene rings is 1. The van der Waals surface area contributed by atoms with Gasteiger partial charge in [-0.2, -0.15) is 0 Å². The Kier molecular flexibility index (Phi) is 2.76. The Hall–Kier alpha value is -0.890. The van der Waals surface area contributed by atoms with Gasteiger partial charge < -0.3 is 5.11 Å². The lowest BCUT2D eigenvalue weighted by molar-refractivity contribution is -0.0227. The van der Waals surface area contributed by atoms with Gasteiger partial charge in [0.2, 0.25) is 0 Å². The molecule has 0 saturated heterocycles. The Bertz CT molecular complexity index is 540. The summed E-state index contributed by atoms with van der Waals surface area (Å²) in [4.78, 5) is 0. The van der Waals surface area contributed by atoms with Crippen LogP contribution in [0.25, 0.3) is 0 Å². The molecule has 108 valence electrons. The summed E-state index contributed by atoms with van der Waals surface area (Å²) in [6, 6.07) is 5.61. The molecule has 0 spiro atoms. The average molecular weight is 274 g/mol. The largest absolute Gasteiger partial charge is 0.393 e. The molecule has 2 fully saturated rings. The molecule has 0 heterocycles. The van der Waals surface area contributed by atoms with Crippen LogP contribution in [0.15, 0.2) is 18.2 Å².